The topological polar surface area (TPSA) is 37.0 Å². The summed E-state index contributed by atoms with van der Waals surface area (Å²) in [5, 5.41) is 6.79. The molecule has 2 N–H and O–H groups in total. The Morgan fingerprint density at radius 1 is 1.41 bits per heavy atom. The molecule has 0 bridgehead atoms. The van der Waals surface area contributed by atoms with Crippen LogP contribution in [0.1, 0.15) is 32.8 Å². The molecule has 0 saturated carbocycles. The Morgan fingerprint density at radius 3 is 2.76 bits per heavy atom. The number of aromatic nitrogens is 1. The van der Waals surface area contributed by atoms with Gasteiger partial charge in [-0.25, -0.2) is 4.98 Å². The molecular weight excluding hydrogens is 210 g/mol. The number of hydrogen-bond donors (Lipinski definition) is 2. The van der Waals surface area contributed by atoms with Crippen LogP contribution in [0.15, 0.2) is 18.3 Å². The minimum Gasteiger partial charge on any atom is -0.370 e. The molecule has 1 saturated heterocycles. The number of rotatable bonds is 3. The summed E-state index contributed by atoms with van der Waals surface area (Å²) in [5.41, 5.74) is 1.46. The molecule has 1 unspecified atom stereocenters. The molecule has 2 rings (SSSR count). The van der Waals surface area contributed by atoms with Crippen molar-refractivity contribution in [3.63, 3.8) is 0 Å². The lowest BCUT2D eigenvalue weighted by molar-refractivity contribution is 0.587. The smallest absolute Gasteiger partial charge is 0.125 e. The number of nitrogens with one attached hydrogen (secondary N) is 2. The van der Waals surface area contributed by atoms with Gasteiger partial charge >= 0.3 is 0 Å². The summed E-state index contributed by atoms with van der Waals surface area (Å²) < 4.78 is 0. The molecule has 17 heavy (non-hydrogen) atoms. The van der Waals surface area contributed by atoms with Gasteiger partial charge < -0.3 is 10.6 Å². The number of pyridine rings is 1. The lowest BCUT2D eigenvalue weighted by Gasteiger charge is -2.19. The molecule has 0 aromatic carbocycles. The van der Waals surface area contributed by atoms with Gasteiger partial charge in [0.2, 0.25) is 0 Å². The third-order valence-electron chi connectivity index (χ3n) is 3.36. The first-order valence-electron chi connectivity index (χ1n) is 6.47. The summed E-state index contributed by atoms with van der Waals surface area (Å²) in [6, 6.07) is 4.26. The predicted molar refractivity (Wildman–Crippen MR) is 72.4 cm³/mol. The van der Waals surface area contributed by atoms with Gasteiger partial charge in [0.15, 0.2) is 0 Å². The first-order chi connectivity index (χ1) is 8.05. The number of anilines is 1. The highest BCUT2D eigenvalue weighted by molar-refractivity contribution is 5.37. The molecule has 1 aliphatic rings. The Labute approximate surface area is 104 Å². The molecule has 1 aliphatic heterocycles. The van der Waals surface area contributed by atoms with Crippen molar-refractivity contribution < 1.29 is 0 Å². The maximum atomic E-state index is 4.47. The predicted octanol–water partition coefficient (Wildman–Crippen LogP) is 2.40. The minimum absolute atomic E-state index is 0.181. The van der Waals surface area contributed by atoms with Gasteiger partial charge in [-0.15, -0.1) is 0 Å². The average Bonchev–Trinajstić information content (AvgIpc) is 2.78. The lowest BCUT2D eigenvalue weighted by Crippen LogP contribution is -2.18. The van der Waals surface area contributed by atoms with Crippen molar-refractivity contribution in [2.24, 2.45) is 5.92 Å². The van der Waals surface area contributed by atoms with Crippen LogP contribution in [0.4, 0.5) is 5.82 Å². The zero-order valence-electron chi connectivity index (χ0n) is 11.1. The van der Waals surface area contributed by atoms with E-state index in [1.165, 1.54) is 12.0 Å². The van der Waals surface area contributed by atoms with Gasteiger partial charge in [0.05, 0.1) is 0 Å². The van der Waals surface area contributed by atoms with E-state index in [0.29, 0.717) is 0 Å². The van der Waals surface area contributed by atoms with Crippen LogP contribution in [0.5, 0.6) is 0 Å². The van der Waals surface area contributed by atoms with Crippen LogP contribution >= 0.6 is 0 Å². The first-order valence-corrected chi connectivity index (χ1v) is 6.47. The number of hydrogen-bond acceptors (Lipinski definition) is 3. The van der Waals surface area contributed by atoms with E-state index >= 15 is 0 Å². The van der Waals surface area contributed by atoms with Crippen molar-refractivity contribution in [1.29, 1.82) is 0 Å². The molecular formula is C14H23N3. The molecule has 0 spiro atoms. The Kier molecular flexibility index (Phi) is 3.67. The molecule has 3 heteroatoms. The van der Waals surface area contributed by atoms with Gasteiger partial charge in [0, 0.05) is 12.7 Å². The summed E-state index contributed by atoms with van der Waals surface area (Å²) in [6.07, 6.45) is 3.25. The third-order valence-corrected chi connectivity index (χ3v) is 3.36. The van der Waals surface area contributed by atoms with Crippen molar-refractivity contribution in [2.75, 3.05) is 25.0 Å². The fraction of sp³-hybridized carbons (Fsp3) is 0.643. The van der Waals surface area contributed by atoms with Gasteiger partial charge in [-0.2, -0.15) is 0 Å². The zero-order chi connectivity index (χ0) is 12.3. The third kappa shape index (κ3) is 3.43. The standard InChI is InChI=1S/C14H23N3/c1-14(2,3)12-4-5-13(17-10-12)16-9-11-6-7-15-8-11/h4-5,10-11,15H,6-9H2,1-3H3,(H,16,17). The van der Waals surface area contributed by atoms with Gasteiger partial charge in [-0.05, 0) is 42.5 Å². The van der Waals surface area contributed by atoms with Crippen molar-refractivity contribution >= 4 is 5.82 Å². The van der Waals surface area contributed by atoms with E-state index in [4.69, 9.17) is 0 Å². The van der Waals surface area contributed by atoms with Crippen LogP contribution in [0, 0.1) is 5.92 Å². The Morgan fingerprint density at radius 2 is 2.24 bits per heavy atom. The largest absolute Gasteiger partial charge is 0.370 e. The van der Waals surface area contributed by atoms with Gasteiger partial charge in [-0.3, -0.25) is 0 Å². The van der Waals surface area contributed by atoms with Crippen LogP contribution in [-0.4, -0.2) is 24.6 Å². The molecule has 1 aromatic rings. The van der Waals surface area contributed by atoms with Crippen molar-refractivity contribution in [2.45, 2.75) is 32.6 Å². The highest BCUT2D eigenvalue weighted by Gasteiger charge is 2.15. The second-order valence-electron chi connectivity index (χ2n) is 5.92. The van der Waals surface area contributed by atoms with Gasteiger partial charge in [0.25, 0.3) is 0 Å². The molecule has 1 fully saturated rings. The van der Waals surface area contributed by atoms with E-state index in [-0.39, 0.29) is 5.41 Å². The first kappa shape index (κ1) is 12.4. The fourth-order valence-corrected chi connectivity index (χ4v) is 2.08. The minimum atomic E-state index is 0.181. The number of nitrogens with zero attached hydrogens (tertiary/aromatic N) is 1. The van der Waals surface area contributed by atoms with Crippen molar-refractivity contribution in [3.8, 4) is 0 Å². The summed E-state index contributed by atoms with van der Waals surface area (Å²) in [5.74, 6) is 1.74. The van der Waals surface area contributed by atoms with Crippen LogP contribution in [0.2, 0.25) is 0 Å². The molecule has 1 aromatic heterocycles. The SMILES string of the molecule is CC(C)(C)c1ccc(NCC2CCNC2)nc1. The Balaban J connectivity index is 1.89. The fourth-order valence-electron chi connectivity index (χ4n) is 2.08. The van der Waals surface area contributed by atoms with E-state index in [1.807, 2.05) is 6.20 Å². The summed E-state index contributed by atoms with van der Waals surface area (Å²) in [4.78, 5) is 4.47. The van der Waals surface area contributed by atoms with Crippen LogP contribution in [-0.2, 0) is 5.41 Å². The summed E-state index contributed by atoms with van der Waals surface area (Å²) in [6.45, 7) is 9.94. The highest BCUT2D eigenvalue weighted by Crippen LogP contribution is 2.22. The monoisotopic (exact) mass is 233 g/mol. The molecule has 0 aliphatic carbocycles. The molecule has 0 amide bonds. The lowest BCUT2D eigenvalue weighted by atomic mass is 9.88. The molecule has 0 radical (unpaired) electrons. The maximum Gasteiger partial charge on any atom is 0.125 e. The summed E-state index contributed by atoms with van der Waals surface area (Å²) in [7, 11) is 0. The molecule has 2 heterocycles. The van der Waals surface area contributed by atoms with Crippen LogP contribution in [0.3, 0.4) is 0 Å². The van der Waals surface area contributed by atoms with E-state index in [2.05, 4.69) is 48.5 Å². The zero-order valence-corrected chi connectivity index (χ0v) is 11.1. The van der Waals surface area contributed by atoms with Crippen LogP contribution < -0.4 is 10.6 Å². The normalized spacial score (nSPS) is 20.5. The Bertz CT molecular complexity index is 345. The van der Waals surface area contributed by atoms with Crippen molar-refractivity contribution in [3.05, 3.63) is 23.9 Å². The molecule has 1 atom stereocenters. The van der Waals surface area contributed by atoms with Gasteiger partial charge in [-0.1, -0.05) is 26.8 Å². The van der Waals surface area contributed by atoms with Crippen LogP contribution in [0.25, 0.3) is 0 Å². The quantitative estimate of drug-likeness (QED) is 0.842. The average molecular weight is 233 g/mol. The van der Waals surface area contributed by atoms with E-state index in [9.17, 15) is 0 Å². The maximum absolute atomic E-state index is 4.47. The van der Waals surface area contributed by atoms with E-state index in [1.54, 1.807) is 0 Å². The molecule has 94 valence electrons. The highest BCUT2D eigenvalue weighted by atomic mass is 15.0. The van der Waals surface area contributed by atoms with Gasteiger partial charge in [0.1, 0.15) is 5.82 Å². The van der Waals surface area contributed by atoms with Crippen molar-refractivity contribution in [1.82, 2.24) is 10.3 Å². The second-order valence-corrected chi connectivity index (χ2v) is 5.92. The molecule has 3 nitrogen and oxygen atoms in total. The van der Waals surface area contributed by atoms with E-state index in [0.717, 1.165) is 31.4 Å². The van der Waals surface area contributed by atoms with E-state index < -0.39 is 0 Å². The summed E-state index contributed by atoms with van der Waals surface area (Å²) >= 11 is 0. The second kappa shape index (κ2) is 5.05. The Hall–Kier alpha value is -1.09.